The van der Waals surface area contributed by atoms with E-state index in [0.29, 0.717) is 6.08 Å². The minimum atomic E-state index is -1.45. The highest BCUT2D eigenvalue weighted by Crippen LogP contribution is 2.08. The number of ether oxygens (including phenoxy) is 2. The van der Waals surface area contributed by atoms with E-state index in [4.69, 9.17) is 14.9 Å². The van der Waals surface area contributed by atoms with Gasteiger partial charge in [-0.15, -0.1) is 0 Å². The average molecular weight is 218 g/mol. The highest BCUT2D eigenvalue weighted by molar-refractivity contribution is 5.92. The van der Waals surface area contributed by atoms with Gasteiger partial charge in [0.2, 0.25) is 5.76 Å². The molecule has 86 valence electrons. The molecule has 0 aliphatic heterocycles. The molecule has 0 aliphatic carbocycles. The van der Waals surface area contributed by atoms with Gasteiger partial charge in [0.1, 0.15) is 0 Å². The molecule has 0 saturated carbocycles. The van der Waals surface area contributed by atoms with E-state index in [9.17, 15) is 9.59 Å². The quantitative estimate of drug-likeness (QED) is 0.403. The maximum Gasteiger partial charge on any atom is 0.371 e. The molecule has 0 amide bonds. The first-order chi connectivity index (χ1) is 6.72. The normalized spacial score (nSPS) is 12.3. The van der Waals surface area contributed by atoms with Gasteiger partial charge in [-0.3, -0.25) is 0 Å². The van der Waals surface area contributed by atoms with E-state index >= 15 is 0 Å². The highest BCUT2D eigenvalue weighted by atomic mass is 16.7. The van der Waals surface area contributed by atoms with Crippen molar-refractivity contribution in [3.05, 3.63) is 11.8 Å². The maximum atomic E-state index is 10.5. The van der Waals surface area contributed by atoms with Crippen molar-refractivity contribution in [2.75, 3.05) is 6.79 Å². The Balaban J connectivity index is 4.22. The zero-order chi connectivity index (χ0) is 12.1. The molecule has 2 N–H and O–H groups in total. The summed E-state index contributed by atoms with van der Waals surface area (Å²) in [5.74, 6) is -3.50. The maximum absolute atomic E-state index is 10.5. The smallest absolute Gasteiger partial charge is 0.371 e. The van der Waals surface area contributed by atoms with Crippen LogP contribution < -0.4 is 0 Å². The van der Waals surface area contributed by atoms with E-state index in [1.807, 2.05) is 0 Å². The second kappa shape index (κ2) is 5.35. The van der Waals surface area contributed by atoms with Crippen molar-refractivity contribution in [3.63, 3.8) is 0 Å². The van der Waals surface area contributed by atoms with Crippen molar-refractivity contribution in [1.29, 1.82) is 0 Å². The summed E-state index contributed by atoms with van der Waals surface area (Å²) in [6.45, 7) is 4.97. The van der Waals surface area contributed by atoms with Crippen LogP contribution in [0.3, 0.4) is 0 Å². The first kappa shape index (κ1) is 13.4. The second-order valence-corrected chi connectivity index (χ2v) is 3.67. The van der Waals surface area contributed by atoms with Crippen LogP contribution in [0.15, 0.2) is 11.8 Å². The Labute approximate surface area is 87.1 Å². The molecule has 6 heteroatoms. The van der Waals surface area contributed by atoms with E-state index in [1.54, 1.807) is 20.8 Å². The number of carbonyl (C=O) groups is 2. The molecule has 0 aromatic rings. The lowest BCUT2D eigenvalue weighted by Gasteiger charge is -2.19. The van der Waals surface area contributed by atoms with Crippen LogP contribution in [-0.4, -0.2) is 34.5 Å². The predicted octanol–water partition coefficient (Wildman–Crippen LogP) is 0.829. The van der Waals surface area contributed by atoms with Crippen LogP contribution in [0.25, 0.3) is 0 Å². The monoisotopic (exact) mass is 218 g/mol. The fraction of sp³-hybridized carbons (Fsp3) is 0.556. The summed E-state index contributed by atoms with van der Waals surface area (Å²) >= 11 is 0. The molecule has 0 heterocycles. The van der Waals surface area contributed by atoms with Crippen LogP contribution in [0.5, 0.6) is 0 Å². The summed E-state index contributed by atoms with van der Waals surface area (Å²) in [4.78, 5) is 20.7. The van der Waals surface area contributed by atoms with Gasteiger partial charge in [-0.25, -0.2) is 9.59 Å². The molecule has 0 unspecified atom stereocenters. The Hall–Kier alpha value is -1.56. The van der Waals surface area contributed by atoms with Gasteiger partial charge in [0, 0.05) is 0 Å². The third-order valence-corrected chi connectivity index (χ3v) is 1.17. The van der Waals surface area contributed by atoms with Gasteiger partial charge in [-0.2, -0.15) is 0 Å². The van der Waals surface area contributed by atoms with Crippen molar-refractivity contribution in [3.8, 4) is 0 Å². The Morgan fingerprint density at radius 1 is 1.27 bits per heavy atom. The lowest BCUT2D eigenvalue weighted by Crippen LogP contribution is -2.22. The first-order valence-electron chi connectivity index (χ1n) is 4.17. The summed E-state index contributed by atoms with van der Waals surface area (Å²) in [6.07, 6.45) is 0.467. The van der Waals surface area contributed by atoms with E-state index in [2.05, 4.69) is 4.74 Å². The minimum absolute atomic E-state index is 0.311. The number of carboxylic acid groups (broad SMARTS) is 2. The molecule has 0 bridgehead atoms. The number of rotatable bonds is 5. The largest absolute Gasteiger partial charge is 0.478 e. The molecule has 6 nitrogen and oxygen atoms in total. The predicted molar refractivity (Wildman–Crippen MR) is 50.1 cm³/mol. The third-order valence-electron chi connectivity index (χ3n) is 1.17. The SMILES string of the molecule is CC(C)(C)OCO/C(=C/C(=O)O)C(=O)O. The fourth-order valence-corrected chi connectivity index (χ4v) is 0.547. The molecule has 0 spiro atoms. The van der Waals surface area contributed by atoms with Gasteiger partial charge in [0.25, 0.3) is 0 Å². The van der Waals surface area contributed by atoms with Crippen LogP contribution in [0.2, 0.25) is 0 Å². The summed E-state index contributed by atoms with van der Waals surface area (Å²) in [6, 6.07) is 0. The Bertz CT molecular complexity index is 273. The lowest BCUT2D eigenvalue weighted by molar-refractivity contribution is -0.146. The molecule has 0 aliphatic rings. The number of hydrogen-bond donors (Lipinski definition) is 2. The van der Waals surface area contributed by atoms with Crippen molar-refractivity contribution < 1.29 is 29.3 Å². The van der Waals surface area contributed by atoms with Crippen LogP contribution >= 0.6 is 0 Å². The molecule has 0 fully saturated rings. The minimum Gasteiger partial charge on any atom is -0.478 e. The average Bonchev–Trinajstić information content (AvgIpc) is 1.99. The van der Waals surface area contributed by atoms with Crippen molar-refractivity contribution >= 4 is 11.9 Å². The molecule has 0 radical (unpaired) electrons. The van der Waals surface area contributed by atoms with Crippen LogP contribution in [0.1, 0.15) is 20.8 Å². The van der Waals surface area contributed by atoms with E-state index in [1.165, 1.54) is 0 Å². The Morgan fingerprint density at radius 2 is 1.80 bits per heavy atom. The summed E-state index contributed by atoms with van der Waals surface area (Å²) in [5.41, 5.74) is -0.479. The van der Waals surface area contributed by atoms with Crippen LogP contribution in [0.4, 0.5) is 0 Å². The fourth-order valence-electron chi connectivity index (χ4n) is 0.547. The number of aliphatic carboxylic acids is 2. The zero-order valence-corrected chi connectivity index (χ0v) is 8.81. The van der Waals surface area contributed by atoms with Crippen LogP contribution in [-0.2, 0) is 19.1 Å². The summed E-state index contributed by atoms with van der Waals surface area (Å²) in [7, 11) is 0. The molecule has 0 rings (SSSR count). The van der Waals surface area contributed by atoms with E-state index in [0.717, 1.165) is 0 Å². The molecule has 0 saturated heterocycles. The van der Waals surface area contributed by atoms with Crippen LogP contribution in [0, 0.1) is 0 Å². The standard InChI is InChI=1S/C9H14O6/c1-9(2,3)15-5-14-6(8(12)13)4-7(10)11/h4H,5H2,1-3H3,(H,10,11)(H,12,13)/b6-4+. The van der Waals surface area contributed by atoms with Gasteiger partial charge >= 0.3 is 11.9 Å². The molecular formula is C9H14O6. The molecule has 15 heavy (non-hydrogen) atoms. The van der Waals surface area contributed by atoms with Crippen molar-refractivity contribution in [2.24, 2.45) is 0 Å². The summed E-state index contributed by atoms with van der Waals surface area (Å²) in [5, 5.41) is 16.9. The number of hydrogen-bond acceptors (Lipinski definition) is 4. The molecule has 0 aromatic carbocycles. The zero-order valence-electron chi connectivity index (χ0n) is 8.81. The van der Waals surface area contributed by atoms with Gasteiger partial charge in [0.05, 0.1) is 11.7 Å². The molecule has 0 aromatic heterocycles. The van der Waals surface area contributed by atoms with E-state index < -0.39 is 23.3 Å². The first-order valence-corrected chi connectivity index (χ1v) is 4.17. The van der Waals surface area contributed by atoms with Gasteiger partial charge < -0.3 is 19.7 Å². The number of carboxylic acids is 2. The van der Waals surface area contributed by atoms with Gasteiger partial charge in [-0.05, 0) is 20.8 Å². The molecule has 0 atom stereocenters. The third kappa shape index (κ3) is 7.51. The topological polar surface area (TPSA) is 93.1 Å². The van der Waals surface area contributed by atoms with Crippen molar-refractivity contribution in [2.45, 2.75) is 26.4 Å². The lowest BCUT2D eigenvalue weighted by atomic mass is 10.2. The van der Waals surface area contributed by atoms with Gasteiger partial charge in [-0.1, -0.05) is 0 Å². The Kier molecular flexibility index (Phi) is 4.80. The molecular weight excluding hydrogens is 204 g/mol. The van der Waals surface area contributed by atoms with Crippen molar-refractivity contribution in [1.82, 2.24) is 0 Å². The second-order valence-electron chi connectivity index (χ2n) is 3.67. The Morgan fingerprint density at radius 3 is 2.13 bits per heavy atom. The van der Waals surface area contributed by atoms with Gasteiger partial charge in [0.15, 0.2) is 6.79 Å². The summed E-state index contributed by atoms with van der Waals surface area (Å²) < 4.78 is 9.72. The highest BCUT2D eigenvalue weighted by Gasteiger charge is 2.14. The van der Waals surface area contributed by atoms with E-state index in [-0.39, 0.29) is 6.79 Å².